The molecule has 60 valence electrons. The van der Waals surface area contributed by atoms with E-state index in [-0.39, 0.29) is 0 Å². The third-order valence-corrected chi connectivity index (χ3v) is 2.85. The van der Waals surface area contributed by atoms with Crippen molar-refractivity contribution in [2.45, 2.75) is 0 Å². The molecule has 0 atom stereocenters. The molecule has 0 aliphatic heterocycles. The summed E-state index contributed by atoms with van der Waals surface area (Å²) in [5, 5.41) is -1.21. The predicted molar refractivity (Wildman–Crippen MR) is 35.8 cm³/mol. The molecule has 0 spiro atoms. The highest BCUT2D eigenvalue weighted by molar-refractivity contribution is 8.35. The molecule has 6 N–H and O–H groups in total. The smallest absolute Gasteiger partial charge is 0.144 e. The van der Waals surface area contributed by atoms with Crippen molar-refractivity contribution in [3.8, 4) is 0 Å². The maximum atomic E-state index is 8.09. The zero-order chi connectivity index (χ0) is 7.71. The molecule has 0 heterocycles. The third-order valence-electron chi connectivity index (χ3n) is 0.316. The summed E-state index contributed by atoms with van der Waals surface area (Å²) in [4.78, 5) is 0. The molecule has 0 unspecified atom stereocenters. The van der Waals surface area contributed by atoms with Crippen LogP contribution in [0.4, 0.5) is 0 Å². The molecule has 0 rings (SSSR count). The van der Waals surface area contributed by atoms with E-state index >= 15 is 0 Å². The van der Waals surface area contributed by atoms with Gasteiger partial charge in [-0.15, -0.1) is 0 Å². The first kappa shape index (κ1) is 9.46. The van der Waals surface area contributed by atoms with Gasteiger partial charge in [-0.3, -0.25) is 0 Å². The number of hydrogen-bond acceptors (Lipinski definition) is 6. The van der Waals surface area contributed by atoms with E-state index < -0.39 is 26.8 Å². The van der Waals surface area contributed by atoms with Crippen molar-refractivity contribution >= 4 is 21.7 Å². The molecule has 0 aromatic carbocycles. The Kier molecular flexibility index (Phi) is 2.73. The summed E-state index contributed by atoms with van der Waals surface area (Å²) >= 11 is 0. The van der Waals surface area contributed by atoms with Crippen LogP contribution in [0.15, 0.2) is 0 Å². The molecule has 0 amide bonds. The fourth-order valence-corrected chi connectivity index (χ4v) is 1.91. The van der Waals surface area contributed by atoms with Crippen LogP contribution in [0.3, 0.4) is 0 Å². The Morgan fingerprint density at radius 2 is 0.889 bits per heavy atom. The van der Waals surface area contributed by atoms with Gasteiger partial charge in [-0.25, -0.2) is 0 Å². The van der Waals surface area contributed by atoms with Gasteiger partial charge >= 0.3 is 0 Å². The topological polar surface area (TPSA) is 121 Å². The summed E-state index contributed by atoms with van der Waals surface area (Å²) in [5.74, 6) is 0. The summed E-state index contributed by atoms with van der Waals surface area (Å²) in [6, 6.07) is 0. The van der Waals surface area contributed by atoms with E-state index in [1.807, 2.05) is 0 Å². The Morgan fingerprint density at radius 1 is 0.667 bits per heavy atom. The van der Waals surface area contributed by atoms with Crippen molar-refractivity contribution in [1.29, 1.82) is 0 Å². The predicted octanol–water partition coefficient (Wildman–Crippen LogP) is 1.39. The lowest BCUT2D eigenvalue weighted by molar-refractivity contribution is 0.360. The summed E-state index contributed by atoms with van der Waals surface area (Å²) in [6.07, 6.45) is 0. The molecule has 0 aromatic heterocycles. The molecule has 0 saturated carbocycles. The molecular formula is CH8O6S2. The van der Waals surface area contributed by atoms with Crippen molar-refractivity contribution in [3.05, 3.63) is 0 Å². The van der Waals surface area contributed by atoms with Gasteiger partial charge in [0.15, 0.2) is 0 Å². The largest absolute Gasteiger partial charge is 0.307 e. The van der Waals surface area contributed by atoms with Crippen LogP contribution in [0, 0.1) is 0 Å². The molecule has 6 nitrogen and oxygen atoms in total. The van der Waals surface area contributed by atoms with Crippen LogP contribution in [-0.4, -0.2) is 32.4 Å². The minimum absolute atomic E-state index is 1.21. The molecule has 8 heteroatoms. The first-order valence-corrected chi connectivity index (χ1v) is 5.02. The third kappa shape index (κ3) is 8.46. The lowest BCUT2D eigenvalue weighted by Gasteiger charge is -2.26. The maximum Gasteiger partial charge on any atom is 0.144 e. The minimum Gasteiger partial charge on any atom is -0.307 e. The van der Waals surface area contributed by atoms with Gasteiger partial charge in [0.05, 0.1) is 21.7 Å². The molecule has 0 radical (unpaired) electrons. The van der Waals surface area contributed by atoms with Crippen molar-refractivity contribution in [2.75, 3.05) is 5.08 Å². The Hall–Kier alpha value is 0.460. The summed E-state index contributed by atoms with van der Waals surface area (Å²) in [5.41, 5.74) is 0. The molecule has 0 aromatic rings. The molecule has 0 aliphatic rings. The van der Waals surface area contributed by atoms with Crippen molar-refractivity contribution in [1.82, 2.24) is 0 Å². The highest BCUT2D eigenvalue weighted by atomic mass is 32.4. The van der Waals surface area contributed by atoms with E-state index in [0.29, 0.717) is 0 Å². The van der Waals surface area contributed by atoms with Crippen molar-refractivity contribution in [3.63, 3.8) is 0 Å². The lowest BCUT2D eigenvalue weighted by atomic mass is 11.9. The monoisotopic (exact) mass is 180 g/mol. The van der Waals surface area contributed by atoms with Crippen LogP contribution in [0.25, 0.3) is 0 Å². The lowest BCUT2D eigenvalue weighted by Crippen LogP contribution is -2.08. The van der Waals surface area contributed by atoms with Gasteiger partial charge in [0.25, 0.3) is 0 Å². The minimum atomic E-state index is -3.99. The van der Waals surface area contributed by atoms with Crippen LogP contribution >= 0.6 is 21.7 Å². The molecule has 0 aliphatic carbocycles. The van der Waals surface area contributed by atoms with Crippen LogP contribution in [0.1, 0.15) is 0 Å². The van der Waals surface area contributed by atoms with E-state index in [9.17, 15) is 0 Å². The zero-order valence-corrected chi connectivity index (χ0v) is 5.84. The zero-order valence-electron chi connectivity index (χ0n) is 4.21. The van der Waals surface area contributed by atoms with Gasteiger partial charge in [0, 0.05) is 0 Å². The molecule has 0 fully saturated rings. The second-order valence-corrected chi connectivity index (χ2v) is 4.85. The first-order chi connectivity index (χ1) is 3.71. The van der Waals surface area contributed by atoms with Crippen LogP contribution in [0.5, 0.6) is 0 Å². The van der Waals surface area contributed by atoms with E-state index in [0.717, 1.165) is 0 Å². The highest BCUT2D eigenvalue weighted by Crippen LogP contribution is 2.48. The standard InChI is InChI=1S/CH8O6S2/c2-8(3,4)1-9(5,6)7/h2-7H,1H2. The fourth-order valence-electron chi connectivity index (χ4n) is 0.212. The fraction of sp³-hybridized carbons (Fsp3) is 1.00. The normalized spacial score (nSPS) is 17.6. The quantitative estimate of drug-likeness (QED) is 0.382. The summed E-state index contributed by atoms with van der Waals surface area (Å²) in [7, 11) is -7.99. The second kappa shape index (κ2) is 2.60. The Balaban J connectivity index is 3.75. The van der Waals surface area contributed by atoms with Gasteiger partial charge in [0.1, 0.15) is 5.08 Å². The van der Waals surface area contributed by atoms with Crippen molar-refractivity contribution in [2.24, 2.45) is 0 Å². The molecule has 0 bridgehead atoms. The average Bonchev–Trinajstić information content (AvgIpc) is 1.14. The Labute approximate surface area is 54.9 Å². The van der Waals surface area contributed by atoms with Crippen molar-refractivity contribution < 1.29 is 27.3 Å². The highest BCUT2D eigenvalue weighted by Gasteiger charge is 2.24. The van der Waals surface area contributed by atoms with Gasteiger partial charge < -0.3 is 27.3 Å². The van der Waals surface area contributed by atoms with Gasteiger partial charge in [-0.1, -0.05) is 0 Å². The number of hydrogen-bond donors (Lipinski definition) is 6. The van der Waals surface area contributed by atoms with E-state index in [1.54, 1.807) is 0 Å². The maximum absolute atomic E-state index is 8.09. The molecular weight excluding hydrogens is 172 g/mol. The Bertz CT molecular complexity index is 76.2. The van der Waals surface area contributed by atoms with Gasteiger partial charge in [0.2, 0.25) is 0 Å². The second-order valence-electron chi connectivity index (χ2n) is 1.38. The van der Waals surface area contributed by atoms with Crippen LogP contribution in [0.2, 0.25) is 0 Å². The summed E-state index contributed by atoms with van der Waals surface area (Å²) in [6.45, 7) is 0. The van der Waals surface area contributed by atoms with Gasteiger partial charge in [-0.05, 0) is 0 Å². The number of rotatable bonds is 2. The van der Waals surface area contributed by atoms with E-state index in [4.69, 9.17) is 27.3 Å². The van der Waals surface area contributed by atoms with Gasteiger partial charge in [-0.2, -0.15) is 0 Å². The van der Waals surface area contributed by atoms with Crippen LogP contribution in [-0.2, 0) is 0 Å². The SMILES string of the molecule is OS(O)(O)CS(O)(O)O. The average molecular weight is 180 g/mol. The molecule has 9 heavy (non-hydrogen) atoms. The first-order valence-electron chi connectivity index (χ1n) is 1.67. The van der Waals surface area contributed by atoms with E-state index in [1.165, 1.54) is 0 Å². The van der Waals surface area contributed by atoms with E-state index in [2.05, 4.69) is 0 Å². The van der Waals surface area contributed by atoms with Crippen LogP contribution < -0.4 is 0 Å². The molecule has 0 saturated heterocycles. The summed E-state index contributed by atoms with van der Waals surface area (Å²) < 4.78 is 48.5. The Morgan fingerprint density at radius 3 is 0.889 bits per heavy atom.